The van der Waals surface area contributed by atoms with E-state index in [4.69, 9.17) is 5.11 Å². The van der Waals surface area contributed by atoms with Crippen LogP contribution < -0.4 is 10.6 Å². The number of aliphatic carboxylic acids is 1. The minimum Gasteiger partial charge on any atom is -0.481 e. The van der Waals surface area contributed by atoms with E-state index >= 15 is 0 Å². The normalized spacial score (nSPS) is 11.1. The van der Waals surface area contributed by atoms with Crippen LogP contribution in [0.25, 0.3) is 0 Å². The highest BCUT2D eigenvalue weighted by Crippen LogP contribution is 2.10. The minimum absolute atomic E-state index is 0.0228. The molecule has 3 N–H and O–H groups in total. The second-order valence-corrected chi connectivity index (χ2v) is 5.03. The fraction of sp³-hybridized carbons (Fsp3) is 0.583. The number of urea groups is 1. The Kier molecular flexibility index (Phi) is 4.91. The van der Waals surface area contributed by atoms with Crippen LogP contribution in [-0.4, -0.2) is 32.4 Å². The number of hydrogen-bond donors (Lipinski definition) is 3. The van der Waals surface area contributed by atoms with E-state index < -0.39 is 11.5 Å². The molecule has 0 atom stereocenters. The predicted molar refractivity (Wildman–Crippen MR) is 69.5 cm³/mol. The van der Waals surface area contributed by atoms with E-state index in [1.165, 1.54) is 0 Å². The average molecular weight is 268 g/mol. The molecule has 7 nitrogen and oxygen atoms in total. The van der Waals surface area contributed by atoms with Gasteiger partial charge in [0.05, 0.1) is 12.2 Å². The van der Waals surface area contributed by atoms with Gasteiger partial charge in [-0.1, -0.05) is 0 Å². The molecule has 19 heavy (non-hydrogen) atoms. The van der Waals surface area contributed by atoms with Gasteiger partial charge in [-0.25, -0.2) is 4.79 Å². The molecule has 1 aromatic rings. The van der Waals surface area contributed by atoms with Crippen LogP contribution in [0.2, 0.25) is 0 Å². The first-order chi connectivity index (χ1) is 8.80. The Morgan fingerprint density at radius 3 is 2.68 bits per heavy atom. The molecule has 1 rings (SSSR count). The Bertz CT molecular complexity index is 454. The molecular weight excluding hydrogens is 248 g/mol. The minimum atomic E-state index is -0.870. The number of rotatable bonds is 6. The topological polar surface area (TPSA) is 96.3 Å². The molecule has 0 aromatic carbocycles. The molecule has 106 valence electrons. The van der Waals surface area contributed by atoms with Gasteiger partial charge in [0.1, 0.15) is 0 Å². The number of carboxylic acids is 1. The van der Waals surface area contributed by atoms with Crippen molar-refractivity contribution in [1.82, 2.24) is 20.4 Å². The molecule has 0 radical (unpaired) electrons. The first-order valence-electron chi connectivity index (χ1n) is 6.05. The van der Waals surface area contributed by atoms with Crippen molar-refractivity contribution < 1.29 is 14.7 Å². The zero-order valence-electron chi connectivity index (χ0n) is 11.4. The summed E-state index contributed by atoms with van der Waals surface area (Å²) in [6, 6.07) is 1.49. The highest BCUT2D eigenvalue weighted by Gasteiger charge is 2.21. The Morgan fingerprint density at radius 2 is 2.16 bits per heavy atom. The van der Waals surface area contributed by atoms with E-state index in [-0.39, 0.29) is 12.5 Å². The highest BCUT2D eigenvalue weighted by atomic mass is 16.4. The quantitative estimate of drug-likeness (QED) is 0.713. The molecule has 0 unspecified atom stereocenters. The molecule has 0 aliphatic rings. The average Bonchev–Trinajstić information content (AvgIpc) is 2.69. The number of aryl methyl sites for hydroxylation is 1. The van der Waals surface area contributed by atoms with Crippen LogP contribution in [0.1, 0.15) is 32.4 Å². The van der Waals surface area contributed by atoms with E-state index in [1.807, 2.05) is 6.07 Å². The third-order valence-electron chi connectivity index (χ3n) is 2.77. The maximum Gasteiger partial charge on any atom is 0.315 e. The summed E-state index contributed by atoms with van der Waals surface area (Å²) in [5, 5.41) is 18.1. The van der Waals surface area contributed by atoms with Gasteiger partial charge in [-0.3, -0.25) is 9.48 Å². The van der Waals surface area contributed by atoms with Crippen molar-refractivity contribution in [1.29, 1.82) is 0 Å². The molecule has 0 fully saturated rings. The number of nitrogens with zero attached hydrogens (tertiary/aromatic N) is 2. The number of carbonyl (C=O) groups excluding carboxylic acids is 1. The zero-order valence-corrected chi connectivity index (χ0v) is 11.4. The van der Waals surface area contributed by atoms with Crippen molar-refractivity contribution in [2.75, 3.05) is 0 Å². The smallest absolute Gasteiger partial charge is 0.315 e. The van der Waals surface area contributed by atoms with Gasteiger partial charge in [0.2, 0.25) is 0 Å². The number of carboxylic acid groups (broad SMARTS) is 1. The monoisotopic (exact) mass is 268 g/mol. The summed E-state index contributed by atoms with van der Waals surface area (Å²) in [4.78, 5) is 22.2. The van der Waals surface area contributed by atoms with Crippen LogP contribution in [-0.2, 0) is 18.4 Å². The molecule has 7 heteroatoms. The van der Waals surface area contributed by atoms with Crippen LogP contribution in [0, 0.1) is 0 Å². The lowest BCUT2D eigenvalue weighted by atomic mass is 9.99. The molecule has 0 spiro atoms. The molecule has 0 saturated heterocycles. The molecule has 1 aromatic heterocycles. The summed E-state index contributed by atoms with van der Waals surface area (Å²) in [6.07, 6.45) is 2.06. The second kappa shape index (κ2) is 6.21. The van der Waals surface area contributed by atoms with Crippen LogP contribution in [0.5, 0.6) is 0 Å². The molecule has 1 heterocycles. The highest BCUT2D eigenvalue weighted by molar-refractivity contribution is 5.74. The number of nitrogens with one attached hydrogen (secondary N) is 2. The maximum atomic E-state index is 11.7. The van der Waals surface area contributed by atoms with Crippen LogP contribution in [0.4, 0.5) is 4.79 Å². The fourth-order valence-corrected chi connectivity index (χ4v) is 1.58. The summed E-state index contributed by atoms with van der Waals surface area (Å²) in [5.74, 6) is -0.870. The van der Waals surface area contributed by atoms with E-state index in [0.29, 0.717) is 13.0 Å². The zero-order chi connectivity index (χ0) is 14.5. The van der Waals surface area contributed by atoms with Gasteiger partial charge in [0.15, 0.2) is 0 Å². The molecular formula is C12H20N4O3. The molecule has 2 amide bonds. The van der Waals surface area contributed by atoms with Crippen molar-refractivity contribution in [3.63, 3.8) is 0 Å². The van der Waals surface area contributed by atoms with Gasteiger partial charge in [-0.05, 0) is 26.3 Å². The second-order valence-electron chi connectivity index (χ2n) is 5.03. The molecule has 0 saturated carbocycles. The van der Waals surface area contributed by atoms with Crippen molar-refractivity contribution >= 4 is 12.0 Å². The van der Waals surface area contributed by atoms with E-state index in [9.17, 15) is 9.59 Å². The fourth-order valence-electron chi connectivity index (χ4n) is 1.58. The number of amides is 2. The van der Waals surface area contributed by atoms with E-state index in [0.717, 1.165) is 5.69 Å². The summed E-state index contributed by atoms with van der Waals surface area (Å²) in [6.45, 7) is 3.95. The number of hydrogen-bond acceptors (Lipinski definition) is 3. The SMILES string of the molecule is Cn1nccc1CNC(=O)NC(C)(C)CCC(=O)O. The summed E-state index contributed by atoms with van der Waals surface area (Å²) in [5.41, 5.74) is 0.327. The Morgan fingerprint density at radius 1 is 1.47 bits per heavy atom. The Balaban J connectivity index is 2.38. The largest absolute Gasteiger partial charge is 0.481 e. The van der Waals surface area contributed by atoms with Crippen LogP contribution in [0.15, 0.2) is 12.3 Å². The lowest BCUT2D eigenvalue weighted by Crippen LogP contribution is -2.48. The molecule has 0 bridgehead atoms. The van der Waals surface area contributed by atoms with Crippen molar-refractivity contribution in [3.8, 4) is 0 Å². The summed E-state index contributed by atoms with van der Waals surface area (Å²) >= 11 is 0. The lowest BCUT2D eigenvalue weighted by molar-refractivity contribution is -0.137. The van der Waals surface area contributed by atoms with Gasteiger partial charge < -0.3 is 15.7 Å². The van der Waals surface area contributed by atoms with Crippen molar-refractivity contribution in [2.45, 2.75) is 38.8 Å². The third-order valence-corrected chi connectivity index (χ3v) is 2.77. The molecule has 0 aliphatic carbocycles. The molecule has 0 aliphatic heterocycles. The number of carbonyl (C=O) groups is 2. The summed E-state index contributed by atoms with van der Waals surface area (Å²) < 4.78 is 1.68. The Hall–Kier alpha value is -2.05. The standard InChI is InChI=1S/C12H20N4O3/c1-12(2,6-4-10(17)18)15-11(19)13-8-9-5-7-14-16(9)3/h5,7H,4,6,8H2,1-3H3,(H,17,18)(H2,13,15,19). The maximum absolute atomic E-state index is 11.7. The first-order valence-corrected chi connectivity index (χ1v) is 6.05. The van der Waals surface area contributed by atoms with E-state index in [1.54, 1.807) is 31.8 Å². The van der Waals surface area contributed by atoms with Crippen molar-refractivity contribution in [2.24, 2.45) is 7.05 Å². The predicted octanol–water partition coefficient (Wildman–Crippen LogP) is 0.863. The van der Waals surface area contributed by atoms with E-state index in [2.05, 4.69) is 15.7 Å². The van der Waals surface area contributed by atoms with Gasteiger partial charge in [0.25, 0.3) is 0 Å². The third kappa shape index (κ3) is 5.41. The van der Waals surface area contributed by atoms with Crippen LogP contribution in [0.3, 0.4) is 0 Å². The number of aromatic nitrogens is 2. The van der Waals surface area contributed by atoms with Gasteiger partial charge in [0, 0.05) is 25.2 Å². The van der Waals surface area contributed by atoms with Gasteiger partial charge in [-0.2, -0.15) is 5.10 Å². The summed E-state index contributed by atoms with van der Waals surface area (Å²) in [7, 11) is 1.80. The van der Waals surface area contributed by atoms with Gasteiger partial charge >= 0.3 is 12.0 Å². The van der Waals surface area contributed by atoms with Crippen molar-refractivity contribution in [3.05, 3.63) is 18.0 Å². The lowest BCUT2D eigenvalue weighted by Gasteiger charge is -2.25. The Labute approximate surface area is 112 Å². The van der Waals surface area contributed by atoms with Gasteiger partial charge in [-0.15, -0.1) is 0 Å². The van der Waals surface area contributed by atoms with Crippen LogP contribution >= 0.6 is 0 Å². The first kappa shape index (κ1) is 15.0.